The first-order valence-corrected chi connectivity index (χ1v) is 13.5. The highest BCUT2D eigenvalue weighted by Gasteiger charge is 2.65. The van der Waals surface area contributed by atoms with Crippen molar-refractivity contribution in [2.75, 3.05) is 0 Å². The third-order valence-electron chi connectivity index (χ3n) is 11.2. The molecular weight excluding hydrogens is 380 g/mol. The molecule has 2 heteroatoms. The lowest BCUT2D eigenvalue weighted by molar-refractivity contribution is -0.175. The van der Waals surface area contributed by atoms with Crippen LogP contribution < -0.4 is 0 Å². The molecule has 4 saturated carbocycles. The van der Waals surface area contributed by atoms with Crippen LogP contribution in [0, 0.1) is 57.7 Å². The van der Waals surface area contributed by atoms with Crippen molar-refractivity contribution in [2.45, 2.75) is 113 Å². The Balaban J connectivity index is 1.55. The Labute approximate surface area is 191 Å². The Morgan fingerprint density at radius 2 is 1.55 bits per heavy atom. The number of rotatable bonds is 5. The van der Waals surface area contributed by atoms with Gasteiger partial charge in [-0.1, -0.05) is 67.7 Å². The summed E-state index contributed by atoms with van der Waals surface area (Å²) in [5, 5.41) is 0. The van der Waals surface area contributed by atoms with Crippen LogP contribution in [0.3, 0.4) is 0 Å². The van der Waals surface area contributed by atoms with Crippen molar-refractivity contribution in [3.63, 3.8) is 0 Å². The van der Waals surface area contributed by atoms with E-state index in [0.29, 0.717) is 41.2 Å². The molecule has 0 heterocycles. The number of Topliss-reactive ketones (excluding diaryl/α,β-unsaturated/α-hetero) is 2. The van der Waals surface area contributed by atoms with Gasteiger partial charge in [0.15, 0.2) is 0 Å². The van der Waals surface area contributed by atoms with Gasteiger partial charge in [-0.2, -0.15) is 0 Å². The number of hydrogen-bond donors (Lipinski definition) is 0. The fourth-order valence-corrected chi connectivity index (χ4v) is 9.77. The molecule has 0 aliphatic heterocycles. The second kappa shape index (κ2) is 7.98. The molecule has 4 fully saturated rings. The molecule has 0 N–H and O–H groups in total. The van der Waals surface area contributed by atoms with Gasteiger partial charge in [-0.05, 0) is 78.4 Å². The molecule has 2 nitrogen and oxygen atoms in total. The van der Waals surface area contributed by atoms with Crippen molar-refractivity contribution in [1.82, 2.24) is 0 Å². The molecule has 0 radical (unpaired) electrons. The summed E-state index contributed by atoms with van der Waals surface area (Å²) in [6.07, 6.45) is 11.7. The summed E-state index contributed by atoms with van der Waals surface area (Å²) >= 11 is 0. The van der Waals surface area contributed by atoms with Gasteiger partial charge < -0.3 is 0 Å². The van der Waals surface area contributed by atoms with Crippen molar-refractivity contribution >= 4 is 11.6 Å². The average molecular weight is 429 g/mol. The lowest BCUT2D eigenvalue weighted by atomic mass is 9.41. The maximum atomic E-state index is 13.6. The van der Waals surface area contributed by atoms with E-state index >= 15 is 0 Å². The maximum Gasteiger partial charge on any atom is 0.139 e. The lowest BCUT2D eigenvalue weighted by Crippen LogP contribution is -2.61. The van der Waals surface area contributed by atoms with Gasteiger partial charge in [0.1, 0.15) is 11.6 Å². The van der Waals surface area contributed by atoms with E-state index in [1.165, 1.54) is 44.9 Å². The van der Waals surface area contributed by atoms with E-state index in [1.54, 1.807) is 0 Å². The first kappa shape index (κ1) is 23.5. The second-order valence-corrected chi connectivity index (χ2v) is 13.7. The van der Waals surface area contributed by atoms with Gasteiger partial charge in [-0.25, -0.2) is 0 Å². The molecule has 31 heavy (non-hydrogen) atoms. The summed E-state index contributed by atoms with van der Waals surface area (Å²) in [5.74, 6) is 5.03. The molecule has 0 spiro atoms. The predicted octanol–water partition coefficient (Wildman–Crippen LogP) is 7.49. The van der Waals surface area contributed by atoms with Crippen molar-refractivity contribution < 1.29 is 9.59 Å². The van der Waals surface area contributed by atoms with E-state index in [4.69, 9.17) is 0 Å². The highest BCUT2D eigenvalue weighted by atomic mass is 16.1. The van der Waals surface area contributed by atoms with E-state index in [1.807, 2.05) is 0 Å². The third kappa shape index (κ3) is 3.57. The maximum absolute atomic E-state index is 13.6. The van der Waals surface area contributed by atoms with Crippen LogP contribution in [0.15, 0.2) is 0 Å². The predicted molar refractivity (Wildman–Crippen MR) is 128 cm³/mol. The number of ketones is 2. The fourth-order valence-electron chi connectivity index (χ4n) is 9.77. The standard InChI is InChI=1S/C29H48O2/c1-18(2)9-8-10-19(3)21-11-12-22-20-17-24(30)26-27(4,5)25(31)14-16-29(26,7)23(20)13-15-28(21,22)6/h18-23,26H,8-17H2,1-7H3/t19-,20+,21-,22+,23+,26?,28-,29-/m1/s1. The topological polar surface area (TPSA) is 34.1 Å². The Bertz CT molecular complexity index is 720. The SMILES string of the molecule is CC(C)CCC[C@@H](C)[C@H]1CC[C@H]2[C@@H]3CC(=O)C4C(C)(C)C(=O)CC[C@]4(C)[C@H]3CC[C@]12C. The van der Waals surface area contributed by atoms with Crippen LogP contribution in [0.5, 0.6) is 0 Å². The van der Waals surface area contributed by atoms with Gasteiger partial charge in [0.05, 0.1) is 0 Å². The Kier molecular flexibility index (Phi) is 6.05. The minimum atomic E-state index is -0.473. The largest absolute Gasteiger partial charge is 0.299 e. The normalized spacial score (nSPS) is 45.2. The molecule has 0 aromatic carbocycles. The van der Waals surface area contributed by atoms with E-state index in [2.05, 4.69) is 48.5 Å². The zero-order chi connectivity index (χ0) is 22.8. The van der Waals surface area contributed by atoms with Crippen molar-refractivity contribution in [3.05, 3.63) is 0 Å². The first-order chi connectivity index (χ1) is 14.4. The van der Waals surface area contributed by atoms with Crippen LogP contribution in [0.4, 0.5) is 0 Å². The van der Waals surface area contributed by atoms with Crippen molar-refractivity contribution in [2.24, 2.45) is 57.7 Å². The molecule has 0 aromatic rings. The fraction of sp³-hybridized carbons (Fsp3) is 0.931. The molecular formula is C29H48O2. The highest BCUT2D eigenvalue weighted by molar-refractivity contribution is 5.94. The summed E-state index contributed by atoms with van der Waals surface area (Å²) in [5.41, 5.74) is -0.0272. The molecule has 4 aliphatic rings. The number of carbonyl (C=O) groups excluding carboxylic acids is 2. The van der Waals surface area contributed by atoms with Crippen LogP contribution in [0.2, 0.25) is 0 Å². The smallest absolute Gasteiger partial charge is 0.139 e. The monoisotopic (exact) mass is 428 g/mol. The molecule has 0 saturated heterocycles. The average Bonchev–Trinajstić information content (AvgIpc) is 3.02. The van der Waals surface area contributed by atoms with Crippen LogP contribution >= 0.6 is 0 Å². The van der Waals surface area contributed by atoms with Crippen LogP contribution in [-0.2, 0) is 9.59 Å². The van der Waals surface area contributed by atoms with Gasteiger partial charge in [0.25, 0.3) is 0 Å². The molecule has 0 bridgehead atoms. The summed E-state index contributed by atoms with van der Waals surface area (Å²) in [6, 6.07) is 0. The molecule has 4 rings (SSSR count). The zero-order valence-electron chi connectivity index (χ0n) is 21.4. The molecule has 8 atom stereocenters. The quantitative estimate of drug-likeness (QED) is 0.454. The Morgan fingerprint density at radius 3 is 2.23 bits per heavy atom. The minimum absolute atomic E-state index is 0.0275. The summed E-state index contributed by atoms with van der Waals surface area (Å²) in [4.78, 5) is 26.4. The van der Waals surface area contributed by atoms with E-state index < -0.39 is 5.41 Å². The van der Waals surface area contributed by atoms with Crippen molar-refractivity contribution in [1.29, 1.82) is 0 Å². The lowest BCUT2D eigenvalue weighted by Gasteiger charge is -2.62. The number of fused-ring (bicyclic) bond motifs is 5. The van der Waals surface area contributed by atoms with Crippen molar-refractivity contribution in [3.8, 4) is 0 Å². The van der Waals surface area contributed by atoms with Gasteiger partial charge in [-0.15, -0.1) is 0 Å². The molecule has 4 aliphatic carbocycles. The third-order valence-corrected chi connectivity index (χ3v) is 11.2. The van der Waals surface area contributed by atoms with Gasteiger partial charge in [0, 0.05) is 24.2 Å². The van der Waals surface area contributed by atoms with E-state index in [0.717, 1.165) is 30.6 Å². The summed E-state index contributed by atoms with van der Waals surface area (Å²) in [6.45, 7) is 16.3. The van der Waals surface area contributed by atoms with Crippen LogP contribution in [0.1, 0.15) is 113 Å². The van der Waals surface area contributed by atoms with Crippen LogP contribution in [-0.4, -0.2) is 11.6 Å². The first-order valence-electron chi connectivity index (χ1n) is 13.5. The number of hydrogen-bond acceptors (Lipinski definition) is 2. The molecule has 0 aromatic heterocycles. The summed E-state index contributed by atoms with van der Waals surface area (Å²) in [7, 11) is 0. The second-order valence-electron chi connectivity index (χ2n) is 13.7. The van der Waals surface area contributed by atoms with Crippen LogP contribution in [0.25, 0.3) is 0 Å². The molecule has 176 valence electrons. The zero-order valence-corrected chi connectivity index (χ0v) is 21.4. The van der Waals surface area contributed by atoms with E-state index in [9.17, 15) is 9.59 Å². The van der Waals surface area contributed by atoms with E-state index in [-0.39, 0.29) is 11.3 Å². The Morgan fingerprint density at radius 1 is 0.871 bits per heavy atom. The summed E-state index contributed by atoms with van der Waals surface area (Å²) < 4.78 is 0. The molecule has 1 unspecified atom stereocenters. The van der Waals surface area contributed by atoms with Gasteiger partial charge in [-0.3, -0.25) is 9.59 Å². The number of carbonyl (C=O) groups is 2. The minimum Gasteiger partial charge on any atom is -0.299 e. The Hall–Kier alpha value is -0.660. The highest BCUT2D eigenvalue weighted by Crippen LogP contribution is 2.69. The molecule has 0 amide bonds. The van der Waals surface area contributed by atoms with Gasteiger partial charge in [0.2, 0.25) is 0 Å². The van der Waals surface area contributed by atoms with Gasteiger partial charge >= 0.3 is 0 Å².